The first-order valence-corrected chi connectivity index (χ1v) is 9.06. The van der Waals surface area contributed by atoms with Crippen LogP contribution in [0.5, 0.6) is 0 Å². The zero-order chi connectivity index (χ0) is 19.4. The molecule has 140 valence electrons. The van der Waals surface area contributed by atoms with Crippen molar-refractivity contribution in [2.75, 3.05) is 18.5 Å². The molecular weight excluding hydrogens is 366 g/mol. The molecule has 27 heavy (non-hydrogen) atoms. The normalized spacial score (nSPS) is 13.6. The predicted octanol–water partition coefficient (Wildman–Crippen LogP) is 2.76. The Morgan fingerprint density at radius 1 is 1.11 bits per heavy atom. The van der Waals surface area contributed by atoms with Gasteiger partial charge in [-0.2, -0.15) is 0 Å². The zero-order valence-corrected chi connectivity index (χ0v) is 15.7. The minimum atomic E-state index is -0.281. The molecule has 0 spiro atoms. The molecule has 1 aliphatic heterocycles. The molecule has 0 aliphatic carbocycles. The molecule has 0 bridgehead atoms. The van der Waals surface area contributed by atoms with Gasteiger partial charge in [-0.1, -0.05) is 23.7 Å². The summed E-state index contributed by atoms with van der Waals surface area (Å²) in [5.74, 6) is -0.445. The van der Waals surface area contributed by atoms with Gasteiger partial charge in [0.2, 0.25) is 5.91 Å². The van der Waals surface area contributed by atoms with E-state index in [2.05, 4.69) is 10.6 Å². The van der Waals surface area contributed by atoms with Crippen molar-refractivity contribution >= 4 is 35.0 Å². The fraction of sp³-hybridized carbons (Fsp3) is 0.250. The molecule has 1 aliphatic rings. The Bertz CT molecular complexity index is 881. The smallest absolute Gasteiger partial charge is 0.253 e. The molecule has 1 heterocycles. The number of hydrogen-bond acceptors (Lipinski definition) is 3. The first-order valence-electron chi connectivity index (χ1n) is 8.68. The van der Waals surface area contributed by atoms with Gasteiger partial charge in [0.25, 0.3) is 11.8 Å². The maximum Gasteiger partial charge on any atom is 0.253 e. The van der Waals surface area contributed by atoms with Crippen molar-refractivity contribution in [3.63, 3.8) is 0 Å². The summed E-state index contributed by atoms with van der Waals surface area (Å²) in [6.07, 6.45) is 1.25. The van der Waals surface area contributed by atoms with E-state index in [9.17, 15) is 14.4 Å². The number of rotatable bonds is 5. The van der Waals surface area contributed by atoms with Gasteiger partial charge < -0.3 is 15.5 Å². The minimum absolute atomic E-state index is 0.00361. The summed E-state index contributed by atoms with van der Waals surface area (Å²) in [5.41, 5.74) is 2.37. The number of nitrogens with one attached hydrogen (secondary N) is 2. The highest BCUT2D eigenvalue weighted by molar-refractivity contribution is 6.31. The van der Waals surface area contributed by atoms with Crippen molar-refractivity contribution in [1.29, 1.82) is 0 Å². The number of anilines is 1. The largest absolute Gasteiger partial charge is 0.355 e. The van der Waals surface area contributed by atoms with Gasteiger partial charge in [0, 0.05) is 37.1 Å². The Hall–Kier alpha value is -2.86. The molecule has 3 rings (SSSR count). The minimum Gasteiger partial charge on any atom is -0.355 e. The van der Waals surface area contributed by atoms with Crippen LogP contribution in [0.1, 0.15) is 39.1 Å². The fourth-order valence-electron chi connectivity index (χ4n) is 3.02. The predicted molar refractivity (Wildman–Crippen MR) is 104 cm³/mol. The van der Waals surface area contributed by atoms with Crippen LogP contribution < -0.4 is 15.5 Å². The van der Waals surface area contributed by atoms with Crippen molar-refractivity contribution in [1.82, 2.24) is 10.6 Å². The molecule has 0 aromatic heterocycles. The third-order valence-corrected chi connectivity index (χ3v) is 4.70. The molecule has 2 aromatic carbocycles. The maximum atomic E-state index is 12.7. The lowest BCUT2D eigenvalue weighted by molar-refractivity contribution is -0.117. The van der Waals surface area contributed by atoms with E-state index < -0.39 is 0 Å². The van der Waals surface area contributed by atoms with Crippen molar-refractivity contribution < 1.29 is 14.4 Å². The van der Waals surface area contributed by atoms with E-state index in [1.165, 1.54) is 0 Å². The molecule has 2 aromatic rings. The Labute approximate surface area is 162 Å². The van der Waals surface area contributed by atoms with Gasteiger partial charge in [-0.25, -0.2) is 0 Å². The summed E-state index contributed by atoms with van der Waals surface area (Å²) in [6, 6.07) is 11.9. The average Bonchev–Trinajstić information content (AvgIpc) is 3.11. The summed E-state index contributed by atoms with van der Waals surface area (Å²) < 4.78 is 0. The van der Waals surface area contributed by atoms with Crippen LogP contribution in [0.3, 0.4) is 0 Å². The Morgan fingerprint density at radius 2 is 1.85 bits per heavy atom. The molecule has 1 saturated heterocycles. The van der Waals surface area contributed by atoms with Crippen molar-refractivity contribution in [2.24, 2.45) is 0 Å². The quantitative estimate of drug-likeness (QED) is 0.830. The van der Waals surface area contributed by atoms with E-state index >= 15 is 0 Å². The molecule has 0 atom stereocenters. The molecule has 0 unspecified atom stereocenters. The second kappa shape index (κ2) is 8.22. The summed E-state index contributed by atoms with van der Waals surface area (Å²) in [7, 11) is 1.57. The topological polar surface area (TPSA) is 78.5 Å². The lowest BCUT2D eigenvalue weighted by Crippen LogP contribution is -2.29. The average molecular weight is 386 g/mol. The second-order valence-electron chi connectivity index (χ2n) is 6.27. The number of benzene rings is 2. The standard InChI is InChI=1S/C20H20ClN3O3/c1-22-19(26)14-6-4-13(5-7-14)12-23-20(27)16-9-8-15(21)11-17(16)24-10-2-3-18(24)25/h4-9,11H,2-3,10,12H2,1H3,(H,22,26)(H,23,27). The van der Waals surface area contributed by atoms with Crippen molar-refractivity contribution in [2.45, 2.75) is 19.4 Å². The lowest BCUT2D eigenvalue weighted by atomic mass is 10.1. The molecular formula is C20H20ClN3O3. The molecule has 2 N–H and O–H groups in total. The van der Waals surface area contributed by atoms with Gasteiger partial charge in [-0.15, -0.1) is 0 Å². The highest BCUT2D eigenvalue weighted by atomic mass is 35.5. The third-order valence-electron chi connectivity index (χ3n) is 4.46. The molecule has 1 fully saturated rings. The number of amides is 3. The van der Waals surface area contributed by atoms with Gasteiger partial charge in [-0.3, -0.25) is 14.4 Å². The van der Waals surface area contributed by atoms with Crippen LogP contribution >= 0.6 is 11.6 Å². The highest BCUT2D eigenvalue weighted by Crippen LogP contribution is 2.28. The zero-order valence-electron chi connectivity index (χ0n) is 14.9. The summed E-state index contributed by atoms with van der Waals surface area (Å²) in [6.45, 7) is 0.892. The van der Waals surface area contributed by atoms with E-state index in [0.29, 0.717) is 41.3 Å². The summed E-state index contributed by atoms with van der Waals surface area (Å²) in [5, 5.41) is 5.90. The second-order valence-corrected chi connectivity index (χ2v) is 6.71. The van der Waals surface area contributed by atoms with Crippen LogP contribution in [0, 0.1) is 0 Å². The Balaban J connectivity index is 1.73. The lowest BCUT2D eigenvalue weighted by Gasteiger charge is -2.19. The van der Waals surface area contributed by atoms with E-state index in [4.69, 9.17) is 11.6 Å². The number of carbonyl (C=O) groups is 3. The fourth-order valence-corrected chi connectivity index (χ4v) is 3.19. The van der Waals surface area contributed by atoms with Crippen LogP contribution in [-0.2, 0) is 11.3 Å². The SMILES string of the molecule is CNC(=O)c1ccc(CNC(=O)c2ccc(Cl)cc2N2CCCC2=O)cc1. The Kier molecular flexibility index (Phi) is 5.76. The first-order chi connectivity index (χ1) is 13.0. The highest BCUT2D eigenvalue weighted by Gasteiger charge is 2.26. The molecule has 7 heteroatoms. The molecule has 0 saturated carbocycles. The van der Waals surface area contributed by atoms with E-state index in [1.54, 1.807) is 54.4 Å². The van der Waals surface area contributed by atoms with E-state index in [0.717, 1.165) is 12.0 Å². The number of halogens is 1. The van der Waals surface area contributed by atoms with Crippen molar-refractivity contribution in [3.8, 4) is 0 Å². The van der Waals surface area contributed by atoms with Gasteiger partial charge >= 0.3 is 0 Å². The van der Waals surface area contributed by atoms with Gasteiger partial charge in [-0.05, 0) is 42.3 Å². The molecule has 3 amide bonds. The van der Waals surface area contributed by atoms with Crippen LogP contribution in [0.25, 0.3) is 0 Å². The van der Waals surface area contributed by atoms with E-state index in [1.807, 2.05) is 0 Å². The molecule has 0 radical (unpaired) electrons. The maximum absolute atomic E-state index is 12.7. The van der Waals surface area contributed by atoms with Crippen LogP contribution in [0.15, 0.2) is 42.5 Å². The van der Waals surface area contributed by atoms with Crippen LogP contribution in [0.4, 0.5) is 5.69 Å². The first kappa shape index (κ1) is 18.9. The van der Waals surface area contributed by atoms with Crippen LogP contribution in [-0.4, -0.2) is 31.3 Å². The Morgan fingerprint density at radius 3 is 2.48 bits per heavy atom. The monoisotopic (exact) mass is 385 g/mol. The van der Waals surface area contributed by atoms with Gasteiger partial charge in [0.05, 0.1) is 11.3 Å². The molecule has 6 nitrogen and oxygen atoms in total. The van der Waals surface area contributed by atoms with Crippen molar-refractivity contribution in [3.05, 3.63) is 64.2 Å². The number of hydrogen-bond donors (Lipinski definition) is 2. The van der Waals surface area contributed by atoms with Gasteiger partial charge in [0.15, 0.2) is 0 Å². The third kappa shape index (κ3) is 4.28. The van der Waals surface area contributed by atoms with Gasteiger partial charge in [0.1, 0.15) is 0 Å². The van der Waals surface area contributed by atoms with E-state index in [-0.39, 0.29) is 17.7 Å². The number of nitrogens with zero attached hydrogens (tertiary/aromatic N) is 1. The van der Waals surface area contributed by atoms with Crippen LogP contribution in [0.2, 0.25) is 5.02 Å². The number of carbonyl (C=O) groups excluding carboxylic acids is 3. The summed E-state index contributed by atoms with van der Waals surface area (Å²) in [4.78, 5) is 37.9. The summed E-state index contributed by atoms with van der Waals surface area (Å²) >= 11 is 6.07.